The monoisotopic (exact) mass is 687 g/mol. The Hall–Kier alpha value is -3.03. The summed E-state index contributed by atoms with van der Waals surface area (Å²) in [5.74, 6) is -0.863. The van der Waals surface area contributed by atoms with Crippen LogP contribution in [0.2, 0.25) is 0 Å². The van der Waals surface area contributed by atoms with Crippen LogP contribution in [0.15, 0.2) is 54.3 Å². The second-order valence-corrected chi connectivity index (χ2v) is 13.0. The third-order valence-corrected chi connectivity index (χ3v) is 10.3. The minimum Gasteiger partial charge on any atom is -0.361 e. The Bertz CT molecular complexity index is 1480. The Morgan fingerprint density at radius 2 is 1.60 bits per heavy atom. The molecule has 6 rings (SSSR count). The van der Waals surface area contributed by atoms with E-state index in [0.717, 1.165) is 35.6 Å². The maximum absolute atomic E-state index is 13.9. The van der Waals surface area contributed by atoms with Gasteiger partial charge in [-0.3, -0.25) is 19.4 Å². The Labute approximate surface area is 276 Å². The minimum atomic E-state index is -5.63. The number of hydrogen-bond donors (Lipinski definition) is 1. The van der Waals surface area contributed by atoms with E-state index in [1.807, 2.05) is 40.3 Å². The zero-order valence-electron chi connectivity index (χ0n) is 26.0. The molecule has 2 amide bonds. The Kier molecular flexibility index (Phi) is 10.4. The molecule has 7 nitrogen and oxygen atoms in total. The summed E-state index contributed by atoms with van der Waals surface area (Å²) in [5, 5.41) is 0.913. The summed E-state index contributed by atoms with van der Waals surface area (Å²) in [6.07, 6.45) is -3.91. The lowest BCUT2D eigenvalue weighted by Crippen LogP contribution is -2.59. The molecule has 4 aliphatic rings. The molecule has 2 aliphatic carbocycles. The molecule has 258 valence electrons. The summed E-state index contributed by atoms with van der Waals surface area (Å²) >= 11 is 0. The van der Waals surface area contributed by atoms with Crippen LogP contribution in [0, 0.1) is 5.41 Å². The highest BCUT2D eigenvalue weighted by Gasteiger charge is 2.69. The number of piperazine rings is 2. The number of carbonyl (C=O) groups is 2. The third-order valence-electron chi connectivity index (χ3n) is 10.3. The van der Waals surface area contributed by atoms with Crippen molar-refractivity contribution in [2.24, 2.45) is 5.41 Å². The molecule has 1 saturated carbocycles. The van der Waals surface area contributed by atoms with Crippen molar-refractivity contribution in [1.29, 1.82) is 0 Å². The fourth-order valence-electron chi connectivity index (χ4n) is 7.59. The van der Waals surface area contributed by atoms with E-state index in [-0.39, 0.29) is 50.6 Å². The average Bonchev–Trinajstić information content (AvgIpc) is 3.71. The van der Waals surface area contributed by atoms with Crippen LogP contribution < -0.4 is 0 Å². The van der Waals surface area contributed by atoms with E-state index in [1.165, 1.54) is 30.6 Å². The lowest BCUT2D eigenvalue weighted by Gasteiger charge is -2.44. The molecule has 2 saturated heterocycles. The standard InChI is InChI=1S/C33H39F6N5O2.ClH/c34-32(35,36)31(33(37,38)39)11-5-6-23(19-31)30(46)44-17-12-41(21-26(44)18-24-20-40-28-10-4-3-9-27(24)28)22-29(45)43-15-13-42(14-16-43)25-7-1-2-8-25;/h3-6,9-11,20,25-26,40H,1-2,7-8,12-19,21-22H2;1H/t26-;/m1./s1. The van der Waals surface area contributed by atoms with E-state index >= 15 is 0 Å². The molecule has 2 aliphatic heterocycles. The molecule has 0 bridgehead atoms. The van der Waals surface area contributed by atoms with E-state index in [2.05, 4.69) is 9.88 Å². The molecule has 3 fully saturated rings. The van der Waals surface area contributed by atoms with Crippen LogP contribution in [-0.4, -0.2) is 113 Å². The number of hydrogen-bond acceptors (Lipinski definition) is 4. The van der Waals surface area contributed by atoms with Gasteiger partial charge in [0.05, 0.1) is 6.54 Å². The molecule has 0 spiro atoms. The first kappa shape index (κ1) is 35.3. The molecular weight excluding hydrogens is 648 g/mol. The third kappa shape index (κ3) is 7.07. The lowest BCUT2D eigenvalue weighted by atomic mass is 9.76. The van der Waals surface area contributed by atoms with Crippen molar-refractivity contribution >= 4 is 35.1 Å². The van der Waals surface area contributed by atoms with Crippen molar-refractivity contribution in [3.8, 4) is 0 Å². The molecule has 0 unspecified atom stereocenters. The van der Waals surface area contributed by atoms with Crippen molar-refractivity contribution in [3.05, 3.63) is 59.8 Å². The van der Waals surface area contributed by atoms with Gasteiger partial charge in [0, 0.05) is 87.0 Å². The van der Waals surface area contributed by atoms with E-state index in [0.29, 0.717) is 31.6 Å². The van der Waals surface area contributed by atoms with Crippen molar-refractivity contribution < 1.29 is 35.9 Å². The van der Waals surface area contributed by atoms with Gasteiger partial charge >= 0.3 is 12.4 Å². The fourth-order valence-corrected chi connectivity index (χ4v) is 7.59. The second-order valence-electron chi connectivity index (χ2n) is 13.0. The Morgan fingerprint density at radius 3 is 2.28 bits per heavy atom. The number of nitrogens with one attached hydrogen (secondary N) is 1. The number of rotatable bonds is 6. The average molecular weight is 688 g/mol. The number of nitrogens with zero attached hydrogens (tertiary/aromatic N) is 4. The van der Waals surface area contributed by atoms with Gasteiger partial charge in [0.15, 0.2) is 5.41 Å². The number of alkyl halides is 6. The summed E-state index contributed by atoms with van der Waals surface area (Å²) in [6.45, 7) is 3.70. The maximum atomic E-state index is 13.9. The van der Waals surface area contributed by atoms with Gasteiger partial charge in [-0.2, -0.15) is 26.3 Å². The van der Waals surface area contributed by atoms with Gasteiger partial charge in [-0.1, -0.05) is 49.3 Å². The lowest BCUT2D eigenvalue weighted by molar-refractivity contribution is -0.321. The topological polar surface area (TPSA) is 62.9 Å². The summed E-state index contributed by atoms with van der Waals surface area (Å²) in [7, 11) is 0. The highest BCUT2D eigenvalue weighted by Crippen LogP contribution is 2.56. The quantitative estimate of drug-likeness (QED) is 0.395. The first-order valence-corrected chi connectivity index (χ1v) is 16.0. The predicted molar refractivity (Wildman–Crippen MR) is 168 cm³/mol. The van der Waals surface area contributed by atoms with E-state index in [4.69, 9.17) is 0 Å². The van der Waals surface area contributed by atoms with E-state index in [1.54, 1.807) is 0 Å². The molecule has 1 aromatic heterocycles. The van der Waals surface area contributed by atoms with Crippen molar-refractivity contribution in [3.63, 3.8) is 0 Å². The SMILES string of the molecule is Cl.O=C(CN1CCN(C(=O)C2=CC=CC(C(F)(F)F)(C(F)(F)F)C2)[C@H](Cc2c[nH]c3ccccc23)C1)N1CCN(C2CCCC2)CC1. The normalized spacial score (nSPS) is 23.2. The first-order valence-electron chi connectivity index (χ1n) is 16.0. The smallest absolute Gasteiger partial charge is 0.361 e. The molecular formula is C33H40ClF6N5O2. The highest BCUT2D eigenvalue weighted by molar-refractivity contribution is 5.95. The number of allylic oxidation sites excluding steroid dienone is 3. The molecule has 1 aromatic carbocycles. The Balaban J connectivity index is 0.00000433. The number of halogens is 7. The summed E-state index contributed by atoms with van der Waals surface area (Å²) in [4.78, 5) is 38.0. The molecule has 47 heavy (non-hydrogen) atoms. The van der Waals surface area contributed by atoms with Crippen LogP contribution in [-0.2, 0) is 16.0 Å². The number of amides is 2. The van der Waals surface area contributed by atoms with Crippen molar-refractivity contribution in [2.75, 3.05) is 52.4 Å². The van der Waals surface area contributed by atoms with Crippen molar-refractivity contribution in [2.45, 2.75) is 63.0 Å². The zero-order chi connectivity index (χ0) is 32.7. The van der Waals surface area contributed by atoms with Crippen LogP contribution in [0.5, 0.6) is 0 Å². The molecule has 1 atom stereocenters. The number of benzene rings is 1. The van der Waals surface area contributed by atoms with Gasteiger partial charge in [-0.05, 0) is 30.9 Å². The van der Waals surface area contributed by atoms with Gasteiger partial charge < -0.3 is 14.8 Å². The predicted octanol–water partition coefficient (Wildman–Crippen LogP) is 5.73. The van der Waals surface area contributed by atoms with Gasteiger partial charge in [-0.15, -0.1) is 12.4 Å². The number of fused-ring (bicyclic) bond motifs is 1. The van der Waals surface area contributed by atoms with Gasteiger partial charge in [-0.25, -0.2) is 0 Å². The summed E-state index contributed by atoms with van der Waals surface area (Å²) in [5.41, 5.74) is -2.93. The second kappa shape index (κ2) is 13.8. The number of carbonyl (C=O) groups excluding carboxylic acids is 2. The van der Waals surface area contributed by atoms with Gasteiger partial charge in [0.1, 0.15) is 0 Å². The summed E-state index contributed by atoms with van der Waals surface area (Å²) < 4.78 is 83.4. The first-order chi connectivity index (χ1) is 21.9. The minimum absolute atomic E-state index is 0. The molecule has 2 aromatic rings. The van der Waals surface area contributed by atoms with Crippen LogP contribution in [0.25, 0.3) is 10.9 Å². The van der Waals surface area contributed by atoms with Gasteiger partial charge in [0.2, 0.25) is 11.8 Å². The van der Waals surface area contributed by atoms with E-state index in [9.17, 15) is 35.9 Å². The maximum Gasteiger partial charge on any atom is 0.406 e. The number of aromatic amines is 1. The van der Waals surface area contributed by atoms with Crippen molar-refractivity contribution in [1.82, 2.24) is 24.6 Å². The van der Waals surface area contributed by atoms with Crippen LogP contribution in [0.1, 0.15) is 37.7 Å². The molecule has 3 heterocycles. The molecule has 14 heteroatoms. The zero-order valence-corrected chi connectivity index (χ0v) is 26.8. The Morgan fingerprint density at radius 1 is 0.915 bits per heavy atom. The fraction of sp³-hybridized carbons (Fsp3) is 0.576. The van der Waals surface area contributed by atoms with Crippen LogP contribution >= 0.6 is 12.4 Å². The number of H-pyrrole nitrogens is 1. The molecule has 0 radical (unpaired) electrons. The van der Waals surface area contributed by atoms with E-state index < -0.39 is 41.7 Å². The largest absolute Gasteiger partial charge is 0.406 e. The molecule has 1 N–H and O–H groups in total. The highest BCUT2D eigenvalue weighted by atomic mass is 35.5. The number of para-hydroxylation sites is 1. The van der Waals surface area contributed by atoms with Crippen LogP contribution in [0.3, 0.4) is 0 Å². The van der Waals surface area contributed by atoms with Gasteiger partial charge in [0.25, 0.3) is 0 Å². The summed E-state index contributed by atoms with van der Waals surface area (Å²) in [6, 6.07) is 7.57. The van der Waals surface area contributed by atoms with Crippen LogP contribution in [0.4, 0.5) is 26.3 Å². The number of aromatic nitrogens is 1.